The summed E-state index contributed by atoms with van der Waals surface area (Å²) in [6, 6.07) is 81.1. The van der Waals surface area contributed by atoms with Crippen LogP contribution in [0.5, 0.6) is 0 Å². The third-order valence-electron chi connectivity index (χ3n) is 12.4. The fourth-order valence-corrected chi connectivity index (χ4v) is 15.5. The Bertz CT molecular complexity index is 2980. The summed E-state index contributed by atoms with van der Waals surface area (Å²) in [6.45, 7) is 0. The number of rotatable bonds is 6. The standard InChI is InChI=1S/C53H40N2S/c1-56(40-24-11-4-12-25-40,41-26-13-5-14-27-41,42-28-15-6-16-29-42)52-35-34-44-47-36-46-43-30-17-18-32-48(43)54(38-20-7-2-8-21-38)50(46)37-51(47)55(39-22-9-3-10-23-39)49-33-19-31-45(52)53(44)49/h2-37,56H,1H3. The van der Waals surface area contributed by atoms with Crippen molar-refractivity contribution in [3.05, 3.63) is 218 Å². The number of hydrogen-bond acceptors (Lipinski definition) is 1. The van der Waals surface area contributed by atoms with E-state index in [1.807, 2.05) is 0 Å². The summed E-state index contributed by atoms with van der Waals surface area (Å²) in [6.07, 6.45) is 2.57. The maximum absolute atomic E-state index is 3.37. The first-order valence-electron chi connectivity index (χ1n) is 19.4. The lowest BCUT2D eigenvalue weighted by Crippen LogP contribution is -2.21. The molecular formula is C53H40N2S. The van der Waals surface area contributed by atoms with Crippen LogP contribution in [0.3, 0.4) is 0 Å². The van der Waals surface area contributed by atoms with Crippen molar-refractivity contribution in [2.45, 2.75) is 19.6 Å². The van der Waals surface area contributed by atoms with Gasteiger partial charge in [0.05, 0.1) is 22.4 Å². The summed E-state index contributed by atoms with van der Waals surface area (Å²) in [5.41, 5.74) is 9.57. The predicted octanol–water partition coefficient (Wildman–Crippen LogP) is 14.6. The Labute approximate surface area is 327 Å². The Kier molecular flexibility index (Phi) is 7.19. The molecule has 1 aliphatic rings. The third-order valence-corrected chi connectivity index (χ3v) is 18.8. The van der Waals surface area contributed by atoms with Crippen LogP contribution in [0.2, 0.25) is 0 Å². The second-order valence-electron chi connectivity index (χ2n) is 15.1. The van der Waals surface area contributed by atoms with E-state index in [0.717, 1.165) is 11.4 Å². The molecule has 10 aromatic rings. The van der Waals surface area contributed by atoms with Gasteiger partial charge in [0.2, 0.25) is 0 Å². The van der Waals surface area contributed by atoms with E-state index in [1.54, 1.807) is 0 Å². The molecule has 0 saturated carbocycles. The number of fused-ring (bicyclic) bond motifs is 5. The summed E-state index contributed by atoms with van der Waals surface area (Å²) in [4.78, 5) is 7.92. The second kappa shape index (κ2) is 12.4. The molecule has 268 valence electrons. The van der Waals surface area contributed by atoms with Crippen LogP contribution >= 0.6 is 9.16 Å². The number of para-hydroxylation sites is 3. The molecule has 0 saturated heterocycles. The maximum Gasteiger partial charge on any atom is 0.0562 e. The summed E-state index contributed by atoms with van der Waals surface area (Å²) >= 11 is 0. The Morgan fingerprint density at radius 3 is 1.48 bits per heavy atom. The van der Waals surface area contributed by atoms with Gasteiger partial charge in [-0.1, -0.05) is 164 Å². The van der Waals surface area contributed by atoms with Crippen molar-refractivity contribution in [2.24, 2.45) is 0 Å². The average Bonchev–Trinajstić information content (AvgIpc) is 3.60. The van der Waals surface area contributed by atoms with Crippen molar-refractivity contribution in [1.29, 1.82) is 0 Å². The zero-order valence-corrected chi connectivity index (χ0v) is 32.0. The van der Waals surface area contributed by atoms with Crippen molar-refractivity contribution in [3.8, 4) is 16.8 Å². The lowest BCUT2D eigenvalue weighted by atomic mass is 9.89. The maximum atomic E-state index is 2.57. The molecule has 9 aromatic carbocycles. The van der Waals surface area contributed by atoms with Gasteiger partial charge in [0.25, 0.3) is 0 Å². The van der Waals surface area contributed by atoms with E-state index in [4.69, 9.17) is 0 Å². The van der Waals surface area contributed by atoms with Crippen LogP contribution in [0, 0.1) is 0 Å². The predicted molar refractivity (Wildman–Crippen MR) is 239 cm³/mol. The lowest BCUT2D eigenvalue weighted by molar-refractivity contribution is 1.18. The molecule has 56 heavy (non-hydrogen) atoms. The van der Waals surface area contributed by atoms with Crippen LogP contribution < -0.4 is 4.90 Å². The highest BCUT2D eigenvalue weighted by atomic mass is 32.3. The number of hydrogen-bond donors (Lipinski definition) is 1. The fourth-order valence-electron chi connectivity index (χ4n) is 9.78. The molecule has 1 aliphatic heterocycles. The van der Waals surface area contributed by atoms with Crippen molar-refractivity contribution in [1.82, 2.24) is 4.57 Å². The van der Waals surface area contributed by atoms with E-state index in [1.165, 1.54) is 74.7 Å². The first kappa shape index (κ1) is 32.6. The van der Waals surface area contributed by atoms with Gasteiger partial charge in [-0.3, -0.25) is 0 Å². The van der Waals surface area contributed by atoms with E-state index in [0.29, 0.717) is 0 Å². The Balaban J connectivity index is 1.30. The monoisotopic (exact) mass is 736 g/mol. The topological polar surface area (TPSA) is 8.17 Å². The Morgan fingerprint density at radius 1 is 0.357 bits per heavy atom. The minimum absolute atomic E-state index is 1.14. The molecule has 0 bridgehead atoms. The molecule has 0 radical (unpaired) electrons. The normalized spacial score (nSPS) is 13.1. The van der Waals surface area contributed by atoms with Crippen LogP contribution in [0.4, 0.5) is 17.1 Å². The van der Waals surface area contributed by atoms with Crippen molar-refractivity contribution >= 4 is 58.8 Å². The molecule has 0 aliphatic carbocycles. The molecule has 2 heterocycles. The van der Waals surface area contributed by atoms with Crippen molar-refractivity contribution in [3.63, 3.8) is 0 Å². The van der Waals surface area contributed by atoms with Crippen LogP contribution in [0.25, 0.3) is 49.4 Å². The van der Waals surface area contributed by atoms with Crippen LogP contribution in [0.1, 0.15) is 0 Å². The highest BCUT2D eigenvalue weighted by molar-refractivity contribution is 8.49. The number of benzene rings is 9. The number of thiol groups is 1. The van der Waals surface area contributed by atoms with E-state index >= 15 is 0 Å². The first-order valence-corrected chi connectivity index (χ1v) is 22.1. The Hall–Kier alpha value is -6.81. The molecule has 0 N–H and O–H groups in total. The lowest BCUT2D eigenvalue weighted by Gasteiger charge is -2.61. The van der Waals surface area contributed by atoms with Gasteiger partial charge >= 0.3 is 0 Å². The number of aromatic nitrogens is 1. The molecule has 11 rings (SSSR count). The van der Waals surface area contributed by atoms with Gasteiger partial charge in [-0.15, -0.1) is 0 Å². The summed E-state index contributed by atoms with van der Waals surface area (Å²) in [5, 5.41) is 5.07. The Morgan fingerprint density at radius 2 is 0.875 bits per heavy atom. The third kappa shape index (κ3) is 4.40. The van der Waals surface area contributed by atoms with Gasteiger partial charge in [0.1, 0.15) is 0 Å². The van der Waals surface area contributed by atoms with Crippen LogP contribution in [0.15, 0.2) is 238 Å². The van der Waals surface area contributed by atoms with Gasteiger partial charge in [-0.25, -0.2) is 9.16 Å². The molecule has 0 atom stereocenters. The SMILES string of the molecule is C[SH](c1ccccc1)(c1ccccc1)(c1ccccc1)c1ccc2c3c(cccc13)N(c1ccccc1)c1cc3c(cc1-2)c1ccccc1n3-c1ccccc1. The number of anilines is 3. The van der Waals surface area contributed by atoms with Gasteiger partial charge in [-0.05, 0) is 91.4 Å². The molecular weight excluding hydrogens is 697 g/mol. The average molecular weight is 737 g/mol. The van der Waals surface area contributed by atoms with E-state index in [2.05, 4.69) is 234 Å². The van der Waals surface area contributed by atoms with Gasteiger partial charge in [0, 0.05) is 33.1 Å². The van der Waals surface area contributed by atoms with Gasteiger partial charge < -0.3 is 9.47 Å². The number of nitrogens with zero attached hydrogens (tertiary/aromatic N) is 2. The van der Waals surface area contributed by atoms with Crippen molar-refractivity contribution in [2.75, 3.05) is 11.2 Å². The van der Waals surface area contributed by atoms with Crippen LogP contribution in [-0.2, 0) is 0 Å². The van der Waals surface area contributed by atoms with Crippen LogP contribution in [-0.4, -0.2) is 10.8 Å². The highest BCUT2D eigenvalue weighted by Gasteiger charge is 2.45. The van der Waals surface area contributed by atoms with Gasteiger partial charge in [0.15, 0.2) is 0 Å². The van der Waals surface area contributed by atoms with E-state index in [9.17, 15) is 0 Å². The molecule has 1 aromatic heterocycles. The molecule has 0 unspecified atom stereocenters. The molecule has 0 amide bonds. The zero-order valence-electron chi connectivity index (χ0n) is 31.1. The summed E-state index contributed by atoms with van der Waals surface area (Å²) < 4.78 is 2.42. The second-order valence-corrected chi connectivity index (χ2v) is 20.3. The minimum atomic E-state index is -3.37. The largest absolute Gasteiger partial charge is 0.309 e. The quantitative estimate of drug-likeness (QED) is 0.167. The molecule has 0 fully saturated rings. The molecule has 0 spiro atoms. The molecule has 3 heteroatoms. The fraction of sp³-hybridized carbons (Fsp3) is 0.0189. The summed E-state index contributed by atoms with van der Waals surface area (Å²) in [7, 11) is -3.37. The van der Waals surface area contributed by atoms with Crippen molar-refractivity contribution < 1.29 is 0 Å². The highest BCUT2D eigenvalue weighted by Crippen LogP contribution is 2.88. The zero-order chi connectivity index (χ0) is 37.3. The first-order chi connectivity index (χ1) is 27.6. The molecule has 2 nitrogen and oxygen atoms in total. The summed E-state index contributed by atoms with van der Waals surface area (Å²) in [5.74, 6) is 0. The minimum Gasteiger partial charge on any atom is -0.309 e. The smallest absolute Gasteiger partial charge is 0.0562 e. The van der Waals surface area contributed by atoms with E-state index < -0.39 is 9.16 Å². The van der Waals surface area contributed by atoms with E-state index in [-0.39, 0.29) is 0 Å². The van der Waals surface area contributed by atoms with Gasteiger partial charge in [-0.2, -0.15) is 0 Å².